The van der Waals surface area contributed by atoms with Crippen LogP contribution in [0.2, 0.25) is 0 Å². The van der Waals surface area contributed by atoms with Crippen molar-refractivity contribution in [2.45, 2.75) is 51.8 Å². The summed E-state index contributed by atoms with van der Waals surface area (Å²) in [5.41, 5.74) is 1.39. The topological polar surface area (TPSA) is 58.1 Å². The smallest absolute Gasteiger partial charge is 0.191 e. The third-order valence-corrected chi connectivity index (χ3v) is 4.85. The molecule has 2 rings (SSSR count). The minimum atomic E-state index is 0. The van der Waals surface area contributed by atoms with Crippen LogP contribution < -0.4 is 10.6 Å². The molecule has 0 aromatic heterocycles. The minimum absolute atomic E-state index is 0. The lowest BCUT2D eigenvalue weighted by atomic mass is 10.1. The largest absolute Gasteiger partial charge is 0.383 e. The number of rotatable bonds is 11. The highest BCUT2D eigenvalue weighted by Crippen LogP contribution is 2.16. The summed E-state index contributed by atoms with van der Waals surface area (Å²) in [7, 11) is 1.71. The molecule has 0 saturated carbocycles. The highest BCUT2D eigenvalue weighted by atomic mass is 127. The van der Waals surface area contributed by atoms with Gasteiger partial charge >= 0.3 is 0 Å². The predicted octanol–water partition coefficient (Wildman–Crippen LogP) is 3.27. The van der Waals surface area contributed by atoms with E-state index in [0.29, 0.717) is 12.7 Å². The van der Waals surface area contributed by atoms with E-state index in [-0.39, 0.29) is 30.0 Å². The molecule has 1 aromatic rings. The number of nitrogens with zero attached hydrogens (tertiary/aromatic N) is 2. The van der Waals surface area contributed by atoms with E-state index in [1.165, 1.54) is 5.56 Å². The quantitative estimate of drug-likeness (QED) is 0.204. The van der Waals surface area contributed by atoms with E-state index in [0.717, 1.165) is 64.6 Å². The molecule has 0 bridgehead atoms. The molecule has 2 N–H and O–H groups in total. The summed E-state index contributed by atoms with van der Waals surface area (Å²) in [4.78, 5) is 7.15. The van der Waals surface area contributed by atoms with Gasteiger partial charge in [-0.2, -0.15) is 0 Å². The van der Waals surface area contributed by atoms with Gasteiger partial charge in [-0.3, -0.25) is 9.89 Å². The van der Waals surface area contributed by atoms with Crippen molar-refractivity contribution < 1.29 is 9.47 Å². The van der Waals surface area contributed by atoms with Crippen LogP contribution in [0.5, 0.6) is 0 Å². The second kappa shape index (κ2) is 15.9. The second-order valence-corrected chi connectivity index (χ2v) is 7.45. The van der Waals surface area contributed by atoms with Gasteiger partial charge in [0.25, 0.3) is 0 Å². The van der Waals surface area contributed by atoms with Crippen LogP contribution in [-0.4, -0.2) is 69.5 Å². The Kier molecular flexibility index (Phi) is 14.3. The fourth-order valence-electron chi connectivity index (χ4n) is 3.43. The standard InChI is InChI=1S/C22H38N4O2.HI/c1-4-23-22(25-19(2)18-27-3)24-13-8-16-28-21-11-14-26(15-12-21)17-20-9-6-5-7-10-20;/h5-7,9-10,19,21H,4,8,11-18H2,1-3H3,(H2,23,24,25);1H. The van der Waals surface area contributed by atoms with Crippen molar-refractivity contribution in [2.75, 3.05) is 46.5 Å². The summed E-state index contributed by atoms with van der Waals surface area (Å²) >= 11 is 0. The van der Waals surface area contributed by atoms with E-state index < -0.39 is 0 Å². The number of guanidine groups is 1. The first-order chi connectivity index (χ1) is 13.7. The van der Waals surface area contributed by atoms with Crippen LogP contribution in [0.3, 0.4) is 0 Å². The fraction of sp³-hybridized carbons (Fsp3) is 0.682. The molecule has 1 aliphatic heterocycles. The number of hydrogen-bond donors (Lipinski definition) is 2. The number of aliphatic imine (C=N–C) groups is 1. The first kappa shape index (κ1) is 26.1. The first-order valence-electron chi connectivity index (χ1n) is 10.6. The molecule has 6 nitrogen and oxygen atoms in total. The summed E-state index contributed by atoms with van der Waals surface area (Å²) in [6, 6.07) is 10.9. The van der Waals surface area contributed by atoms with Gasteiger partial charge in [-0.1, -0.05) is 30.3 Å². The van der Waals surface area contributed by atoms with Crippen LogP contribution in [0.15, 0.2) is 35.3 Å². The molecule has 7 heteroatoms. The normalized spacial score (nSPS) is 16.9. The Morgan fingerprint density at radius 2 is 1.97 bits per heavy atom. The molecular formula is C22H39IN4O2. The van der Waals surface area contributed by atoms with Gasteiger partial charge in [0.2, 0.25) is 0 Å². The number of hydrogen-bond acceptors (Lipinski definition) is 4. The van der Waals surface area contributed by atoms with Crippen molar-refractivity contribution in [3.63, 3.8) is 0 Å². The zero-order valence-electron chi connectivity index (χ0n) is 18.2. The van der Waals surface area contributed by atoms with Crippen molar-refractivity contribution in [3.8, 4) is 0 Å². The lowest BCUT2D eigenvalue weighted by Crippen LogP contribution is -2.44. The Hall–Kier alpha value is -0.900. The predicted molar refractivity (Wildman–Crippen MR) is 131 cm³/mol. The second-order valence-electron chi connectivity index (χ2n) is 7.45. The van der Waals surface area contributed by atoms with Gasteiger partial charge in [0.1, 0.15) is 0 Å². The lowest BCUT2D eigenvalue weighted by Gasteiger charge is -2.31. The Labute approximate surface area is 193 Å². The summed E-state index contributed by atoms with van der Waals surface area (Å²) in [5.74, 6) is 0.848. The van der Waals surface area contributed by atoms with E-state index in [2.05, 4.69) is 64.7 Å². The molecule has 0 amide bonds. The maximum absolute atomic E-state index is 6.09. The van der Waals surface area contributed by atoms with E-state index in [1.807, 2.05) is 0 Å². The summed E-state index contributed by atoms with van der Waals surface area (Å²) in [6.45, 7) is 10.5. The average Bonchev–Trinajstić information content (AvgIpc) is 2.70. The molecule has 1 aliphatic rings. The molecule has 1 unspecified atom stereocenters. The number of methoxy groups -OCH3 is 1. The van der Waals surface area contributed by atoms with E-state index in [1.54, 1.807) is 7.11 Å². The molecule has 1 atom stereocenters. The number of nitrogens with one attached hydrogen (secondary N) is 2. The van der Waals surface area contributed by atoms with Gasteiger partial charge in [-0.05, 0) is 38.7 Å². The molecule has 0 spiro atoms. The third kappa shape index (κ3) is 11.2. The SMILES string of the molecule is CCNC(=NCCCOC1CCN(Cc2ccccc2)CC1)NC(C)COC.I. The molecular weight excluding hydrogens is 479 g/mol. The van der Waals surface area contributed by atoms with E-state index in [4.69, 9.17) is 9.47 Å². The number of benzene rings is 1. The number of piperidine rings is 1. The first-order valence-corrected chi connectivity index (χ1v) is 10.6. The minimum Gasteiger partial charge on any atom is -0.383 e. The van der Waals surface area contributed by atoms with E-state index in [9.17, 15) is 0 Å². The summed E-state index contributed by atoms with van der Waals surface area (Å²) < 4.78 is 11.3. The zero-order valence-corrected chi connectivity index (χ0v) is 20.6. The molecule has 1 aromatic carbocycles. The lowest BCUT2D eigenvalue weighted by molar-refractivity contribution is 0.00565. The van der Waals surface area contributed by atoms with Crippen LogP contribution in [0.4, 0.5) is 0 Å². The molecule has 0 aliphatic carbocycles. The van der Waals surface area contributed by atoms with Crippen LogP contribution >= 0.6 is 24.0 Å². The molecule has 29 heavy (non-hydrogen) atoms. The molecule has 1 fully saturated rings. The highest BCUT2D eigenvalue weighted by Gasteiger charge is 2.19. The Morgan fingerprint density at radius 3 is 2.62 bits per heavy atom. The molecule has 1 heterocycles. The van der Waals surface area contributed by atoms with Crippen LogP contribution in [0.25, 0.3) is 0 Å². The van der Waals surface area contributed by atoms with Gasteiger partial charge in [-0.25, -0.2) is 0 Å². The van der Waals surface area contributed by atoms with Crippen molar-refractivity contribution in [3.05, 3.63) is 35.9 Å². The van der Waals surface area contributed by atoms with Crippen LogP contribution in [-0.2, 0) is 16.0 Å². The fourth-order valence-corrected chi connectivity index (χ4v) is 3.43. The van der Waals surface area contributed by atoms with Crippen molar-refractivity contribution >= 4 is 29.9 Å². The van der Waals surface area contributed by atoms with Crippen LogP contribution in [0, 0.1) is 0 Å². The van der Waals surface area contributed by atoms with E-state index >= 15 is 0 Å². The van der Waals surface area contributed by atoms with Gasteiger partial charge < -0.3 is 20.1 Å². The molecule has 1 saturated heterocycles. The highest BCUT2D eigenvalue weighted by molar-refractivity contribution is 14.0. The maximum atomic E-state index is 6.09. The maximum Gasteiger partial charge on any atom is 0.191 e. The number of ether oxygens (including phenoxy) is 2. The van der Waals surface area contributed by atoms with Crippen molar-refractivity contribution in [1.82, 2.24) is 15.5 Å². The van der Waals surface area contributed by atoms with Crippen LogP contribution in [0.1, 0.15) is 38.7 Å². The van der Waals surface area contributed by atoms with Crippen molar-refractivity contribution in [1.29, 1.82) is 0 Å². The summed E-state index contributed by atoms with van der Waals surface area (Å²) in [6.07, 6.45) is 3.58. The van der Waals surface area contributed by atoms with Crippen molar-refractivity contribution in [2.24, 2.45) is 4.99 Å². The van der Waals surface area contributed by atoms with Gasteiger partial charge in [0.15, 0.2) is 5.96 Å². The van der Waals surface area contributed by atoms with Gasteiger partial charge in [-0.15, -0.1) is 24.0 Å². The monoisotopic (exact) mass is 518 g/mol. The number of halogens is 1. The average molecular weight is 518 g/mol. The third-order valence-electron chi connectivity index (χ3n) is 4.85. The summed E-state index contributed by atoms with van der Waals surface area (Å²) in [5, 5.41) is 6.63. The Balaban J connectivity index is 0.00000420. The zero-order chi connectivity index (χ0) is 20.0. The number of likely N-dealkylation sites (tertiary alicyclic amines) is 1. The molecule has 0 radical (unpaired) electrons. The van der Waals surface area contributed by atoms with Gasteiger partial charge in [0.05, 0.1) is 12.7 Å². The van der Waals surface area contributed by atoms with Gasteiger partial charge in [0, 0.05) is 52.5 Å². The Morgan fingerprint density at radius 1 is 1.24 bits per heavy atom. The molecule has 166 valence electrons. The Bertz CT molecular complexity index is 551.